The molecule has 1 aromatic rings. The summed E-state index contributed by atoms with van der Waals surface area (Å²) in [4.78, 5) is 4.73. The van der Waals surface area contributed by atoms with Crippen molar-refractivity contribution in [2.24, 2.45) is 10.9 Å². The Morgan fingerprint density at radius 3 is 1.88 bits per heavy atom. The molecule has 0 N–H and O–H groups in total. The zero-order chi connectivity index (χ0) is 14.3. The van der Waals surface area contributed by atoms with Gasteiger partial charge in [-0.05, 0) is 18.4 Å². The molecule has 1 atom stereocenters. The van der Waals surface area contributed by atoms with Crippen molar-refractivity contribution < 1.29 is 21.8 Å². The normalized spacial score (nSPS) is 22.0. The molecule has 0 amide bonds. The van der Waals surface area contributed by atoms with Crippen molar-refractivity contribution in [3.8, 4) is 0 Å². The monoisotopic (exact) mass is 371 g/mol. The van der Waals surface area contributed by atoms with Gasteiger partial charge in [0.2, 0.25) is 0 Å². The average molecular weight is 371 g/mol. The van der Waals surface area contributed by atoms with Gasteiger partial charge in [-0.2, -0.15) is 0 Å². The molecule has 2 fully saturated rings. The van der Waals surface area contributed by atoms with E-state index in [1.807, 2.05) is 6.07 Å². The Morgan fingerprint density at radius 1 is 0.792 bits per heavy atom. The van der Waals surface area contributed by atoms with Crippen molar-refractivity contribution >= 4 is 5.90 Å². The summed E-state index contributed by atoms with van der Waals surface area (Å²) < 4.78 is 5.75. The summed E-state index contributed by atoms with van der Waals surface area (Å²) in [6, 6.07) is 10.7. The van der Waals surface area contributed by atoms with Crippen LogP contribution in [0.4, 0.5) is 0 Å². The predicted molar refractivity (Wildman–Crippen MR) is 100 cm³/mol. The number of hydrogen-bond donors (Lipinski definition) is 0. The summed E-state index contributed by atoms with van der Waals surface area (Å²) in [5, 5.41) is 0. The van der Waals surface area contributed by atoms with Gasteiger partial charge in [-0.1, -0.05) is 75.3 Å². The zero-order valence-electron chi connectivity index (χ0n) is 15.3. The molecule has 136 valence electrons. The molecule has 0 unspecified atom stereocenters. The molecule has 1 heterocycles. The maximum Gasteiger partial charge on any atom is 2.00 e. The minimum Gasteiger partial charge on any atom is -0.478 e. The Balaban J connectivity index is 0.000000578. The molecule has 2 saturated carbocycles. The van der Waals surface area contributed by atoms with E-state index in [4.69, 9.17) is 9.73 Å². The number of hydrogen-bond acceptors (Lipinski definition) is 2. The predicted octanol–water partition coefficient (Wildman–Crippen LogP) is 6.20. The van der Waals surface area contributed by atoms with Crippen LogP contribution in [0.25, 0.3) is 0 Å². The van der Waals surface area contributed by atoms with E-state index in [1.165, 1.54) is 63.4 Å². The molecule has 3 aliphatic rings. The molecule has 2 aliphatic carbocycles. The van der Waals surface area contributed by atoms with Gasteiger partial charge < -0.3 is 19.6 Å². The van der Waals surface area contributed by atoms with Gasteiger partial charge in [-0.3, -0.25) is 0 Å². The Bertz CT molecular complexity index is 443. The van der Waals surface area contributed by atoms with Crippen LogP contribution in [0.15, 0.2) is 35.3 Å². The fraction of sp³-hybridized carbons (Fsp3) is 0.571. The largest absolute Gasteiger partial charge is 2.00 e. The Labute approximate surface area is 160 Å². The van der Waals surface area contributed by atoms with E-state index in [-0.39, 0.29) is 38.0 Å². The van der Waals surface area contributed by atoms with Crippen molar-refractivity contribution in [3.63, 3.8) is 0 Å². The van der Waals surface area contributed by atoms with Crippen molar-refractivity contribution in [2.75, 3.05) is 6.61 Å². The van der Waals surface area contributed by atoms with Crippen molar-refractivity contribution in [2.45, 2.75) is 63.8 Å². The molecule has 0 spiro atoms. The van der Waals surface area contributed by atoms with Crippen LogP contribution in [0, 0.1) is 20.8 Å². The zero-order valence-corrected chi connectivity index (χ0v) is 16.4. The molecule has 24 heavy (non-hydrogen) atoms. The SMILES string of the molecule is C1CCCC1.[CH3-].[CH3-].[Fe+2].c1ccc([C@H]2COC(C3CCCC3)=N2)cc1. The van der Waals surface area contributed by atoms with Crippen LogP contribution in [0.5, 0.6) is 0 Å². The van der Waals surface area contributed by atoms with Gasteiger partial charge in [0.25, 0.3) is 0 Å². The number of rotatable bonds is 2. The minimum absolute atomic E-state index is 0. The van der Waals surface area contributed by atoms with Gasteiger partial charge in [-0.25, -0.2) is 4.99 Å². The molecule has 0 aromatic heterocycles. The molecule has 0 saturated heterocycles. The number of ether oxygens (including phenoxy) is 1. The van der Waals surface area contributed by atoms with Gasteiger partial charge in [0.15, 0.2) is 5.90 Å². The smallest absolute Gasteiger partial charge is 0.478 e. The van der Waals surface area contributed by atoms with Crippen LogP contribution in [0.3, 0.4) is 0 Å². The van der Waals surface area contributed by atoms with Gasteiger partial charge in [0.1, 0.15) is 12.6 Å². The quantitative estimate of drug-likeness (QED) is 0.448. The summed E-state index contributed by atoms with van der Waals surface area (Å²) >= 11 is 0. The van der Waals surface area contributed by atoms with Gasteiger partial charge in [0.05, 0.1) is 0 Å². The maximum atomic E-state index is 5.75. The number of nitrogens with zero attached hydrogens (tertiary/aromatic N) is 1. The first kappa shape index (κ1) is 23.2. The second kappa shape index (κ2) is 12.6. The van der Waals surface area contributed by atoms with E-state index in [2.05, 4.69) is 24.3 Å². The Morgan fingerprint density at radius 2 is 1.33 bits per heavy atom. The molecular formula is C21H33FeNO. The molecular weight excluding hydrogens is 338 g/mol. The van der Waals surface area contributed by atoms with Gasteiger partial charge >= 0.3 is 17.1 Å². The second-order valence-corrected chi connectivity index (χ2v) is 6.45. The summed E-state index contributed by atoms with van der Waals surface area (Å²) in [5.74, 6) is 1.63. The molecule has 1 aromatic carbocycles. The summed E-state index contributed by atoms with van der Waals surface area (Å²) in [5.41, 5.74) is 1.27. The molecule has 2 nitrogen and oxygen atoms in total. The number of aliphatic imine (C=N–C) groups is 1. The standard InChI is InChI=1S/C14H17NO.C5H10.2CH3.Fe/c1-2-6-11(7-3-1)13-10-16-14(15-13)12-8-4-5-9-12;1-2-4-5-3-1;;;/h1-3,6-7,12-13H,4-5,8-10H2;1-5H2;2*1H3;/q;;2*-1;+2/t13-;;;;/m1..../s1. The third-order valence-corrected chi connectivity index (χ3v) is 4.81. The van der Waals surface area contributed by atoms with E-state index in [9.17, 15) is 0 Å². The van der Waals surface area contributed by atoms with Gasteiger partial charge in [-0.15, -0.1) is 0 Å². The molecule has 0 radical (unpaired) electrons. The topological polar surface area (TPSA) is 21.6 Å². The summed E-state index contributed by atoms with van der Waals surface area (Å²) in [7, 11) is 0. The Kier molecular flexibility index (Phi) is 12.1. The number of benzene rings is 1. The third kappa shape index (κ3) is 6.61. The first-order chi connectivity index (χ1) is 10.4. The Hall–Kier alpha value is -0.791. The first-order valence-corrected chi connectivity index (χ1v) is 8.69. The summed E-state index contributed by atoms with van der Waals surface area (Å²) in [6.07, 6.45) is 12.7. The van der Waals surface area contributed by atoms with E-state index < -0.39 is 0 Å². The minimum atomic E-state index is 0. The van der Waals surface area contributed by atoms with Gasteiger partial charge in [0, 0.05) is 5.92 Å². The van der Waals surface area contributed by atoms with Crippen LogP contribution < -0.4 is 0 Å². The third-order valence-electron chi connectivity index (χ3n) is 4.81. The van der Waals surface area contributed by atoms with Crippen LogP contribution >= 0.6 is 0 Å². The fourth-order valence-electron chi connectivity index (χ4n) is 3.52. The molecule has 1 aliphatic heterocycles. The van der Waals surface area contributed by atoms with E-state index in [0.717, 1.165) is 12.5 Å². The van der Waals surface area contributed by atoms with Crippen molar-refractivity contribution in [3.05, 3.63) is 50.7 Å². The first-order valence-electron chi connectivity index (χ1n) is 8.69. The summed E-state index contributed by atoms with van der Waals surface area (Å²) in [6.45, 7) is 0.732. The van der Waals surface area contributed by atoms with Crippen molar-refractivity contribution in [1.29, 1.82) is 0 Å². The van der Waals surface area contributed by atoms with Crippen LogP contribution in [-0.4, -0.2) is 12.5 Å². The maximum absolute atomic E-state index is 5.75. The average Bonchev–Trinajstić information content (AvgIpc) is 3.30. The van der Waals surface area contributed by atoms with Crippen molar-refractivity contribution in [1.82, 2.24) is 0 Å². The second-order valence-electron chi connectivity index (χ2n) is 6.45. The molecule has 0 bridgehead atoms. The molecule has 4 rings (SSSR count). The molecule has 3 heteroatoms. The van der Waals surface area contributed by atoms with E-state index in [0.29, 0.717) is 5.92 Å². The van der Waals surface area contributed by atoms with E-state index >= 15 is 0 Å². The van der Waals surface area contributed by atoms with Crippen LogP contribution in [0.1, 0.15) is 69.4 Å². The van der Waals surface area contributed by atoms with Crippen LogP contribution in [0.2, 0.25) is 0 Å². The van der Waals surface area contributed by atoms with E-state index in [1.54, 1.807) is 0 Å². The van der Waals surface area contributed by atoms with Crippen LogP contribution in [-0.2, 0) is 21.8 Å². The fourth-order valence-corrected chi connectivity index (χ4v) is 3.52.